The summed E-state index contributed by atoms with van der Waals surface area (Å²) in [5.41, 5.74) is 10.3. The maximum Gasteiger partial charge on any atom is 0.0732 e. The molecule has 0 aromatic heterocycles. The molecule has 0 fully saturated rings. The molecule has 0 bridgehead atoms. The number of rotatable bonds is 0. The second kappa shape index (κ2) is 7.69. The normalized spacial score (nSPS) is 14.1. The van der Waals surface area contributed by atoms with Gasteiger partial charge >= 0.3 is 0 Å². The molecule has 0 aliphatic heterocycles. The molecule has 0 atom stereocenters. The van der Waals surface area contributed by atoms with Crippen LogP contribution in [0.4, 0.5) is 0 Å². The van der Waals surface area contributed by atoms with Crippen LogP contribution in [0.3, 0.4) is 0 Å². The van der Waals surface area contributed by atoms with Crippen LogP contribution in [0.2, 0.25) is 0 Å². The molecule has 7 aromatic rings. The first-order valence-electron chi connectivity index (χ1n) is 13.2. The molecule has 0 amide bonds. The molecule has 2 aliphatic rings. The summed E-state index contributed by atoms with van der Waals surface area (Å²) in [7, 11) is 0. The molecule has 39 heavy (non-hydrogen) atoms. The zero-order valence-corrected chi connectivity index (χ0v) is 24.0. The van der Waals surface area contributed by atoms with Gasteiger partial charge in [0.05, 0.1) is 5.41 Å². The van der Waals surface area contributed by atoms with Gasteiger partial charge in [-0.1, -0.05) is 129 Å². The van der Waals surface area contributed by atoms with Crippen LogP contribution in [0.1, 0.15) is 22.3 Å². The van der Waals surface area contributed by atoms with Crippen molar-refractivity contribution in [1.82, 2.24) is 0 Å². The summed E-state index contributed by atoms with van der Waals surface area (Å²) in [4.78, 5) is 0. The van der Waals surface area contributed by atoms with Gasteiger partial charge in [0.1, 0.15) is 0 Å². The number of hydrogen-bond acceptors (Lipinski definition) is 0. The van der Waals surface area contributed by atoms with E-state index in [1.54, 1.807) is 0 Å². The fourth-order valence-electron chi connectivity index (χ4n) is 7.61. The summed E-state index contributed by atoms with van der Waals surface area (Å²) >= 11 is 7.71. The lowest BCUT2D eigenvalue weighted by atomic mass is 9.68. The molecule has 182 valence electrons. The van der Waals surface area contributed by atoms with Gasteiger partial charge in [-0.3, -0.25) is 0 Å². The Kier molecular flexibility index (Phi) is 4.36. The smallest absolute Gasteiger partial charge is 0.0619 e. The Morgan fingerprint density at radius 3 is 1.79 bits per heavy atom. The Hall–Kier alpha value is -3.72. The lowest BCUT2D eigenvalue weighted by molar-refractivity contribution is 0.801. The van der Waals surface area contributed by atoms with Crippen LogP contribution in [0.5, 0.6) is 0 Å². The molecule has 0 unspecified atom stereocenters. The third kappa shape index (κ3) is 2.64. The van der Waals surface area contributed by atoms with Gasteiger partial charge in [0.2, 0.25) is 0 Å². The number of halogens is 2. The van der Waals surface area contributed by atoms with Gasteiger partial charge in [0.15, 0.2) is 0 Å². The molecule has 1 spiro atoms. The van der Waals surface area contributed by atoms with Crippen LogP contribution in [0, 0.1) is 0 Å². The molecule has 0 nitrogen and oxygen atoms in total. The summed E-state index contributed by atoms with van der Waals surface area (Å²) in [6.45, 7) is 0. The lowest BCUT2D eigenvalue weighted by Crippen LogP contribution is -2.26. The maximum absolute atomic E-state index is 3.85. The van der Waals surface area contributed by atoms with Crippen molar-refractivity contribution in [2.24, 2.45) is 0 Å². The molecule has 9 rings (SSSR count). The lowest BCUT2D eigenvalue weighted by Gasteiger charge is -2.32. The standard InChI is InChI=1S/C37H20Br2/c38-22-14-17-26-27-18-15-23(39)20-33(27)37(32(26)19-22)31-12-6-5-11-30(31)35-28-10-4-3-9-25(28)29-16-13-21-7-1-2-8-24(21)34(29)36(35)37/h1-20H. The van der Waals surface area contributed by atoms with E-state index in [4.69, 9.17) is 0 Å². The minimum atomic E-state index is -0.434. The van der Waals surface area contributed by atoms with E-state index < -0.39 is 5.41 Å². The fourth-order valence-corrected chi connectivity index (χ4v) is 8.33. The summed E-state index contributed by atoms with van der Waals surface area (Å²) < 4.78 is 2.21. The highest BCUT2D eigenvalue weighted by atomic mass is 79.9. The molecule has 7 aromatic carbocycles. The number of benzene rings is 7. The van der Waals surface area contributed by atoms with Crippen LogP contribution >= 0.6 is 31.9 Å². The predicted molar refractivity (Wildman–Crippen MR) is 171 cm³/mol. The summed E-state index contributed by atoms with van der Waals surface area (Å²) in [5.74, 6) is 0. The van der Waals surface area contributed by atoms with E-state index in [0.29, 0.717) is 0 Å². The highest BCUT2D eigenvalue weighted by molar-refractivity contribution is 9.10. The Labute approximate surface area is 243 Å². The first-order chi connectivity index (χ1) is 19.2. The van der Waals surface area contributed by atoms with Crippen LogP contribution in [-0.4, -0.2) is 0 Å². The number of fused-ring (bicyclic) bond motifs is 17. The van der Waals surface area contributed by atoms with Crippen LogP contribution < -0.4 is 0 Å². The Balaban J connectivity index is 1.65. The summed E-state index contributed by atoms with van der Waals surface area (Å²) in [6.07, 6.45) is 0. The van der Waals surface area contributed by atoms with Crippen molar-refractivity contribution in [3.05, 3.63) is 153 Å². The van der Waals surface area contributed by atoms with E-state index in [1.165, 1.54) is 76.8 Å². The van der Waals surface area contributed by atoms with Crippen molar-refractivity contribution in [2.75, 3.05) is 0 Å². The minimum absolute atomic E-state index is 0.434. The van der Waals surface area contributed by atoms with Crippen LogP contribution in [0.15, 0.2) is 130 Å². The van der Waals surface area contributed by atoms with Crippen molar-refractivity contribution in [2.45, 2.75) is 5.41 Å². The first kappa shape index (κ1) is 22.1. The second-order valence-corrected chi connectivity index (χ2v) is 12.5. The van der Waals surface area contributed by atoms with Crippen molar-refractivity contribution < 1.29 is 0 Å². The fraction of sp³-hybridized carbons (Fsp3) is 0.0270. The van der Waals surface area contributed by atoms with E-state index in [-0.39, 0.29) is 0 Å². The van der Waals surface area contributed by atoms with Gasteiger partial charge in [-0.05, 0) is 101 Å². The quantitative estimate of drug-likeness (QED) is 0.147. The van der Waals surface area contributed by atoms with E-state index >= 15 is 0 Å². The SMILES string of the molecule is Brc1ccc2c(c1)C1(c3cc(Br)ccc3-2)c2ccccc2-c2c1c1c3ccccc3ccc1c1ccccc21. The average molecular weight is 624 g/mol. The molecule has 0 heterocycles. The Morgan fingerprint density at radius 1 is 0.436 bits per heavy atom. The Bertz CT molecular complexity index is 2150. The van der Waals surface area contributed by atoms with Gasteiger partial charge in [0, 0.05) is 8.95 Å². The molecule has 2 heteroatoms. The zero-order chi connectivity index (χ0) is 25.9. The first-order valence-corrected chi connectivity index (χ1v) is 14.8. The van der Waals surface area contributed by atoms with Gasteiger partial charge < -0.3 is 0 Å². The van der Waals surface area contributed by atoms with Gasteiger partial charge in [-0.15, -0.1) is 0 Å². The van der Waals surface area contributed by atoms with Crippen molar-refractivity contribution >= 4 is 64.2 Å². The molecular weight excluding hydrogens is 604 g/mol. The van der Waals surface area contributed by atoms with Crippen molar-refractivity contribution in [1.29, 1.82) is 0 Å². The van der Waals surface area contributed by atoms with Crippen LogP contribution in [-0.2, 0) is 5.41 Å². The predicted octanol–water partition coefficient (Wildman–Crippen LogP) is 11.0. The van der Waals surface area contributed by atoms with E-state index in [2.05, 4.69) is 153 Å². The molecule has 0 N–H and O–H groups in total. The highest BCUT2D eigenvalue weighted by Gasteiger charge is 2.53. The molecule has 0 saturated heterocycles. The van der Waals surface area contributed by atoms with E-state index in [1.807, 2.05) is 0 Å². The van der Waals surface area contributed by atoms with E-state index in [0.717, 1.165) is 8.95 Å². The Morgan fingerprint density at radius 2 is 1.05 bits per heavy atom. The molecular formula is C37H20Br2. The topological polar surface area (TPSA) is 0 Å². The largest absolute Gasteiger partial charge is 0.0732 e. The molecule has 2 aliphatic carbocycles. The molecule has 0 saturated carbocycles. The van der Waals surface area contributed by atoms with Crippen LogP contribution in [0.25, 0.3) is 54.6 Å². The third-order valence-corrected chi connectivity index (χ3v) is 9.94. The zero-order valence-electron chi connectivity index (χ0n) is 20.8. The summed E-state index contributed by atoms with van der Waals surface area (Å²) in [6, 6.07) is 45.3. The maximum atomic E-state index is 3.85. The monoisotopic (exact) mass is 622 g/mol. The van der Waals surface area contributed by atoms with Crippen molar-refractivity contribution in [3.63, 3.8) is 0 Å². The van der Waals surface area contributed by atoms with Gasteiger partial charge in [0.25, 0.3) is 0 Å². The van der Waals surface area contributed by atoms with E-state index in [9.17, 15) is 0 Å². The van der Waals surface area contributed by atoms with Crippen molar-refractivity contribution in [3.8, 4) is 22.3 Å². The van der Waals surface area contributed by atoms with Gasteiger partial charge in [-0.25, -0.2) is 0 Å². The second-order valence-electron chi connectivity index (χ2n) is 10.7. The highest BCUT2D eigenvalue weighted by Crippen LogP contribution is 2.66. The van der Waals surface area contributed by atoms with Gasteiger partial charge in [-0.2, -0.15) is 0 Å². The minimum Gasteiger partial charge on any atom is -0.0619 e. The third-order valence-electron chi connectivity index (χ3n) is 8.95. The summed E-state index contributed by atoms with van der Waals surface area (Å²) in [5, 5.41) is 7.89. The number of hydrogen-bond donors (Lipinski definition) is 0. The average Bonchev–Trinajstić information content (AvgIpc) is 3.43. The molecule has 0 radical (unpaired) electrons.